The Bertz CT molecular complexity index is 204. The van der Waals surface area contributed by atoms with Gasteiger partial charge in [-0.3, -0.25) is 4.79 Å². The van der Waals surface area contributed by atoms with Gasteiger partial charge in [0.05, 0.1) is 25.7 Å². The molecule has 0 aromatic heterocycles. The number of rotatable bonds is 3. The Morgan fingerprint density at radius 3 is 2.93 bits per heavy atom. The largest absolute Gasteiger partial charge is 0.466 e. The zero-order valence-corrected chi connectivity index (χ0v) is 9.04. The average molecular weight is 202 g/mol. The molecule has 4 nitrogen and oxygen atoms in total. The molecule has 14 heavy (non-hydrogen) atoms. The highest BCUT2D eigenvalue weighted by molar-refractivity contribution is 5.70. The molecule has 1 aliphatic heterocycles. The van der Waals surface area contributed by atoms with Crippen molar-refractivity contribution in [3.05, 3.63) is 0 Å². The molecule has 0 spiro atoms. The fourth-order valence-corrected chi connectivity index (χ4v) is 1.53. The number of hydrogen-bond donors (Lipinski definition) is 0. The van der Waals surface area contributed by atoms with Crippen molar-refractivity contribution in [2.24, 2.45) is 0 Å². The average Bonchev–Trinajstić information content (AvgIpc) is 2.02. The molecule has 0 aromatic rings. The maximum atomic E-state index is 11.2. The van der Waals surface area contributed by atoms with Crippen LogP contribution in [-0.4, -0.2) is 31.1 Å². The molecule has 0 radical (unpaired) electrons. The van der Waals surface area contributed by atoms with E-state index in [1.165, 1.54) is 0 Å². The van der Waals surface area contributed by atoms with Gasteiger partial charge < -0.3 is 14.2 Å². The van der Waals surface area contributed by atoms with Crippen LogP contribution in [0.1, 0.15) is 33.6 Å². The summed E-state index contributed by atoms with van der Waals surface area (Å²) in [7, 11) is 0. The minimum absolute atomic E-state index is 0.142. The van der Waals surface area contributed by atoms with Gasteiger partial charge in [0.15, 0.2) is 5.79 Å². The van der Waals surface area contributed by atoms with E-state index >= 15 is 0 Å². The zero-order valence-electron chi connectivity index (χ0n) is 9.04. The van der Waals surface area contributed by atoms with Crippen molar-refractivity contribution in [1.29, 1.82) is 0 Å². The van der Waals surface area contributed by atoms with E-state index in [1.54, 1.807) is 13.8 Å². The number of carbonyl (C=O) groups is 1. The van der Waals surface area contributed by atoms with Gasteiger partial charge >= 0.3 is 5.97 Å². The van der Waals surface area contributed by atoms with E-state index in [1.807, 2.05) is 6.92 Å². The molecule has 1 saturated heterocycles. The SMILES string of the molecule is CCOC(=O)C[C@]1(C)OCC[C@H](C)O1. The third kappa shape index (κ3) is 3.27. The molecule has 1 fully saturated rings. The molecular weight excluding hydrogens is 184 g/mol. The predicted octanol–water partition coefficient (Wildman–Crippen LogP) is 1.48. The van der Waals surface area contributed by atoms with Crippen LogP contribution < -0.4 is 0 Å². The van der Waals surface area contributed by atoms with Crippen molar-refractivity contribution in [3.63, 3.8) is 0 Å². The Labute approximate surface area is 84.5 Å². The molecule has 0 aromatic carbocycles. The third-order valence-corrected chi connectivity index (χ3v) is 2.15. The summed E-state index contributed by atoms with van der Waals surface area (Å²) in [6.45, 7) is 6.57. The zero-order chi connectivity index (χ0) is 10.6. The van der Waals surface area contributed by atoms with Gasteiger partial charge in [-0.1, -0.05) is 0 Å². The Hall–Kier alpha value is -0.610. The summed E-state index contributed by atoms with van der Waals surface area (Å²) in [6, 6.07) is 0. The van der Waals surface area contributed by atoms with Gasteiger partial charge in [-0.15, -0.1) is 0 Å². The van der Waals surface area contributed by atoms with E-state index in [-0.39, 0.29) is 18.5 Å². The van der Waals surface area contributed by atoms with Crippen molar-refractivity contribution in [2.45, 2.75) is 45.5 Å². The van der Waals surface area contributed by atoms with Crippen LogP contribution >= 0.6 is 0 Å². The molecule has 1 aliphatic rings. The highest BCUT2D eigenvalue weighted by atomic mass is 16.7. The summed E-state index contributed by atoms with van der Waals surface area (Å²) in [5.74, 6) is -1.08. The van der Waals surface area contributed by atoms with E-state index in [0.29, 0.717) is 13.2 Å². The van der Waals surface area contributed by atoms with Crippen molar-refractivity contribution in [1.82, 2.24) is 0 Å². The lowest BCUT2D eigenvalue weighted by atomic mass is 10.1. The third-order valence-electron chi connectivity index (χ3n) is 2.15. The molecule has 2 atom stereocenters. The first-order valence-electron chi connectivity index (χ1n) is 5.03. The van der Waals surface area contributed by atoms with Gasteiger partial charge in [-0.25, -0.2) is 0 Å². The van der Waals surface area contributed by atoms with E-state index in [4.69, 9.17) is 14.2 Å². The highest BCUT2D eigenvalue weighted by Crippen LogP contribution is 2.26. The molecular formula is C10H18O4. The van der Waals surface area contributed by atoms with E-state index < -0.39 is 5.79 Å². The van der Waals surface area contributed by atoms with Crippen LogP contribution in [0.15, 0.2) is 0 Å². The van der Waals surface area contributed by atoms with Crippen molar-refractivity contribution >= 4 is 5.97 Å². The van der Waals surface area contributed by atoms with Gasteiger partial charge in [-0.2, -0.15) is 0 Å². The summed E-state index contributed by atoms with van der Waals surface area (Å²) >= 11 is 0. The lowest BCUT2D eigenvalue weighted by Gasteiger charge is -2.36. The molecule has 4 heteroatoms. The predicted molar refractivity (Wildman–Crippen MR) is 50.8 cm³/mol. The normalized spacial score (nSPS) is 32.6. The Balaban J connectivity index is 2.43. The summed E-state index contributed by atoms with van der Waals surface area (Å²) in [4.78, 5) is 11.2. The quantitative estimate of drug-likeness (QED) is 0.650. The molecule has 1 rings (SSSR count). The Morgan fingerprint density at radius 2 is 2.36 bits per heavy atom. The van der Waals surface area contributed by atoms with E-state index in [2.05, 4.69) is 0 Å². The van der Waals surface area contributed by atoms with Crippen LogP contribution in [0.2, 0.25) is 0 Å². The van der Waals surface area contributed by atoms with Crippen LogP contribution in [-0.2, 0) is 19.0 Å². The maximum absolute atomic E-state index is 11.2. The minimum atomic E-state index is -0.802. The maximum Gasteiger partial charge on any atom is 0.311 e. The van der Waals surface area contributed by atoms with Crippen LogP contribution in [0.25, 0.3) is 0 Å². The lowest BCUT2D eigenvalue weighted by Crippen LogP contribution is -2.43. The highest BCUT2D eigenvalue weighted by Gasteiger charge is 2.35. The lowest BCUT2D eigenvalue weighted by molar-refractivity contribution is -0.281. The van der Waals surface area contributed by atoms with Gasteiger partial charge in [0.1, 0.15) is 0 Å². The van der Waals surface area contributed by atoms with Crippen LogP contribution in [0, 0.1) is 0 Å². The second kappa shape index (κ2) is 4.75. The summed E-state index contributed by atoms with van der Waals surface area (Å²) in [5.41, 5.74) is 0. The van der Waals surface area contributed by atoms with E-state index in [9.17, 15) is 4.79 Å². The molecule has 0 aliphatic carbocycles. The molecule has 0 amide bonds. The fraction of sp³-hybridized carbons (Fsp3) is 0.900. The van der Waals surface area contributed by atoms with Crippen molar-refractivity contribution in [3.8, 4) is 0 Å². The van der Waals surface area contributed by atoms with Crippen LogP contribution in [0.3, 0.4) is 0 Å². The van der Waals surface area contributed by atoms with E-state index in [0.717, 1.165) is 6.42 Å². The van der Waals surface area contributed by atoms with Gasteiger partial charge in [0, 0.05) is 0 Å². The van der Waals surface area contributed by atoms with Gasteiger partial charge in [0.25, 0.3) is 0 Å². The molecule has 1 heterocycles. The Morgan fingerprint density at radius 1 is 1.64 bits per heavy atom. The summed E-state index contributed by atoms with van der Waals surface area (Å²) in [5, 5.41) is 0. The second-order valence-electron chi connectivity index (χ2n) is 3.68. The van der Waals surface area contributed by atoms with Crippen LogP contribution in [0.5, 0.6) is 0 Å². The number of hydrogen-bond acceptors (Lipinski definition) is 4. The molecule has 0 bridgehead atoms. The molecule has 0 unspecified atom stereocenters. The number of carbonyl (C=O) groups excluding carboxylic acids is 1. The first-order chi connectivity index (χ1) is 6.56. The Kier molecular flexibility index (Phi) is 3.89. The van der Waals surface area contributed by atoms with Crippen LogP contribution in [0.4, 0.5) is 0 Å². The topological polar surface area (TPSA) is 44.8 Å². The number of esters is 1. The minimum Gasteiger partial charge on any atom is -0.466 e. The molecule has 0 saturated carbocycles. The first-order valence-corrected chi connectivity index (χ1v) is 5.03. The van der Waals surface area contributed by atoms with Crippen molar-refractivity contribution < 1.29 is 19.0 Å². The first kappa shape index (κ1) is 11.5. The van der Waals surface area contributed by atoms with Gasteiger partial charge in [0.2, 0.25) is 0 Å². The monoisotopic (exact) mass is 202 g/mol. The molecule has 0 N–H and O–H groups in total. The second-order valence-corrected chi connectivity index (χ2v) is 3.68. The van der Waals surface area contributed by atoms with Crippen molar-refractivity contribution in [2.75, 3.05) is 13.2 Å². The summed E-state index contributed by atoms with van der Waals surface area (Å²) in [6.07, 6.45) is 1.17. The molecule has 82 valence electrons. The summed E-state index contributed by atoms with van der Waals surface area (Å²) < 4.78 is 15.8. The van der Waals surface area contributed by atoms with Gasteiger partial charge in [-0.05, 0) is 27.2 Å². The smallest absolute Gasteiger partial charge is 0.311 e. The fourth-order valence-electron chi connectivity index (χ4n) is 1.53. The standard InChI is InChI=1S/C10H18O4/c1-4-12-9(11)7-10(3)13-6-5-8(2)14-10/h8H,4-7H2,1-3H3/t8-,10+/m0/s1. The number of ether oxygens (including phenoxy) is 3.